The summed E-state index contributed by atoms with van der Waals surface area (Å²) in [5.74, 6) is -1.53. The number of nitrogens with one attached hydrogen (secondary N) is 1. The summed E-state index contributed by atoms with van der Waals surface area (Å²) in [6, 6.07) is 16.3. The van der Waals surface area contributed by atoms with Crippen LogP contribution in [0.4, 0.5) is 20.2 Å². The molecule has 1 aromatic heterocycles. The molecule has 0 unspecified atom stereocenters. The smallest absolute Gasteiger partial charge is 0.272 e. The third-order valence-corrected chi connectivity index (χ3v) is 4.27. The van der Waals surface area contributed by atoms with E-state index in [0.717, 1.165) is 11.6 Å². The summed E-state index contributed by atoms with van der Waals surface area (Å²) in [6.07, 6.45) is 1.46. The molecule has 0 fully saturated rings. The van der Waals surface area contributed by atoms with Crippen molar-refractivity contribution in [1.29, 1.82) is 0 Å². The number of carbonyl (C=O) groups excluding carboxylic acids is 1. The highest BCUT2D eigenvalue weighted by atomic mass is 19.1. The van der Waals surface area contributed by atoms with Gasteiger partial charge in [-0.25, -0.2) is 13.8 Å². The first-order valence-electron chi connectivity index (χ1n) is 8.97. The Hall–Kier alpha value is -3.28. The van der Waals surface area contributed by atoms with Crippen molar-refractivity contribution >= 4 is 17.3 Å². The molecule has 1 heterocycles. The van der Waals surface area contributed by atoms with Crippen LogP contribution in [0.3, 0.4) is 0 Å². The van der Waals surface area contributed by atoms with E-state index in [-0.39, 0.29) is 17.6 Å². The molecule has 144 valence electrons. The number of hydrogen-bond acceptors (Lipinski definition) is 3. The standard InChI is InChI=1S/C22H21F2N3O/c1-15(2)27(14-16-6-4-3-5-7-16)22(28)21-11-9-18(13-25-21)26-20-10-8-17(23)12-19(20)24/h3-13,15,26H,14H2,1-2H3. The van der Waals surface area contributed by atoms with Gasteiger partial charge in [-0.05, 0) is 43.7 Å². The number of halogens is 2. The third-order valence-electron chi connectivity index (χ3n) is 4.27. The van der Waals surface area contributed by atoms with Crippen LogP contribution in [0.25, 0.3) is 0 Å². The summed E-state index contributed by atoms with van der Waals surface area (Å²) in [7, 11) is 0. The zero-order valence-electron chi connectivity index (χ0n) is 15.7. The van der Waals surface area contributed by atoms with Crippen molar-refractivity contribution in [2.45, 2.75) is 26.4 Å². The summed E-state index contributed by atoms with van der Waals surface area (Å²) in [5, 5.41) is 2.83. The number of pyridine rings is 1. The SMILES string of the molecule is CC(C)N(Cc1ccccc1)C(=O)c1ccc(Nc2ccc(F)cc2F)cn1. The van der Waals surface area contributed by atoms with Gasteiger partial charge in [-0.2, -0.15) is 0 Å². The van der Waals surface area contributed by atoms with Gasteiger partial charge in [0.1, 0.15) is 17.3 Å². The van der Waals surface area contributed by atoms with Crippen molar-refractivity contribution < 1.29 is 13.6 Å². The minimum absolute atomic E-state index is 0.000573. The lowest BCUT2D eigenvalue weighted by atomic mass is 10.1. The second-order valence-electron chi connectivity index (χ2n) is 6.69. The number of rotatable bonds is 6. The maximum absolute atomic E-state index is 13.8. The van der Waals surface area contributed by atoms with Crippen molar-refractivity contribution in [3.63, 3.8) is 0 Å². The van der Waals surface area contributed by atoms with E-state index in [4.69, 9.17) is 0 Å². The highest BCUT2D eigenvalue weighted by Crippen LogP contribution is 2.21. The van der Waals surface area contributed by atoms with E-state index in [0.29, 0.717) is 17.9 Å². The lowest BCUT2D eigenvalue weighted by molar-refractivity contribution is 0.0684. The van der Waals surface area contributed by atoms with Crippen molar-refractivity contribution in [1.82, 2.24) is 9.88 Å². The maximum atomic E-state index is 13.8. The van der Waals surface area contributed by atoms with Gasteiger partial charge in [0.15, 0.2) is 0 Å². The molecule has 0 saturated carbocycles. The number of hydrogen-bond donors (Lipinski definition) is 1. The fourth-order valence-corrected chi connectivity index (χ4v) is 2.76. The van der Waals surface area contributed by atoms with Gasteiger partial charge in [0, 0.05) is 18.7 Å². The van der Waals surface area contributed by atoms with Gasteiger partial charge in [-0.3, -0.25) is 4.79 Å². The van der Waals surface area contributed by atoms with Crippen LogP contribution in [0.15, 0.2) is 66.9 Å². The molecule has 0 atom stereocenters. The Kier molecular flexibility index (Phi) is 5.99. The zero-order valence-corrected chi connectivity index (χ0v) is 15.7. The normalized spacial score (nSPS) is 10.8. The van der Waals surface area contributed by atoms with E-state index in [2.05, 4.69) is 10.3 Å². The van der Waals surface area contributed by atoms with Crippen LogP contribution in [0.5, 0.6) is 0 Å². The van der Waals surface area contributed by atoms with Crippen molar-refractivity contribution in [3.05, 3.63) is 89.8 Å². The maximum Gasteiger partial charge on any atom is 0.272 e. The zero-order chi connectivity index (χ0) is 20.1. The number of nitrogens with zero attached hydrogens (tertiary/aromatic N) is 2. The molecule has 6 heteroatoms. The fraction of sp³-hybridized carbons (Fsp3) is 0.182. The first kappa shape index (κ1) is 19.5. The summed E-state index contributed by atoms with van der Waals surface area (Å²) in [6.45, 7) is 4.39. The molecule has 0 aliphatic rings. The third kappa shape index (κ3) is 4.71. The van der Waals surface area contributed by atoms with Crippen LogP contribution in [-0.2, 0) is 6.54 Å². The molecule has 0 saturated heterocycles. The van der Waals surface area contributed by atoms with Crippen LogP contribution in [0.1, 0.15) is 29.9 Å². The number of anilines is 2. The molecule has 3 aromatic rings. The monoisotopic (exact) mass is 381 g/mol. The summed E-state index contributed by atoms with van der Waals surface area (Å²) in [5.41, 5.74) is 1.97. The van der Waals surface area contributed by atoms with E-state index in [9.17, 15) is 13.6 Å². The van der Waals surface area contributed by atoms with E-state index in [1.54, 1.807) is 17.0 Å². The molecule has 3 rings (SSSR count). The first-order valence-corrected chi connectivity index (χ1v) is 8.97. The molecule has 0 bridgehead atoms. The second-order valence-corrected chi connectivity index (χ2v) is 6.69. The lowest BCUT2D eigenvalue weighted by Crippen LogP contribution is -2.36. The molecule has 1 N–H and O–H groups in total. The van der Waals surface area contributed by atoms with Crippen molar-refractivity contribution in [3.8, 4) is 0 Å². The molecule has 0 spiro atoms. The topological polar surface area (TPSA) is 45.2 Å². The summed E-state index contributed by atoms with van der Waals surface area (Å²) >= 11 is 0. The fourth-order valence-electron chi connectivity index (χ4n) is 2.76. The Morgan fingerprint density at radius 1 is 1.07 bits per heavy atom. The number of carbonyl (C=O) groups is 1. The van der Waals surface area contributed by atoms with Crippen LogP contribution in [-0.4, -0.2) is 21.8 Å². The predicted molar refractivity (Wildman–Crippen MR) is 105 cm³/mol. The molecule has 28 heavy (non-hydrogen) atoms. The van der Waals surface area contributed by atoms with Gasteiger partial charge in [0.05, 0.1) is 17.6 Å². The Bertz CT molecular complexity index is 944. The van der Waals surface area contributed by atoms with Crippen molar-refractivity contribution in [2.75, 3.05) is 5.32 Å². The molecule has 2 aromatic carbocycles. The van der Waals surface area contributed by atoms with Crippen molar-refractivity contribution in [2.24, 2.45) is 0 Å². The van der Waals surface area contributed by atoms with Gasteiger partial charge in [-0.1, -0.05) is 30.3 Å². The van der Waals surface area contributed by atoms with Crippen LogP contribution in [0.2, 0.25) is 0 Å². The highest BCUT2D eigenvalue weighted by molar-refractivity contribution is 5.92. The molecule has 0 radical (unpaired) electrons. The summed E-state index contributed by atoms with van der Waals surface area (Å²) in [4.78, 5) is 18.9. The minimum Gasteiger partial charge on any atom is -0.352 e. The van der Waals surface area contributed by atoms with Gasteiger partial charge < -0.3 is 10.2 Å². The molecule has 0 aliphatic heterocycles. The first-order chi connectivity index (χ1) is 13.4. The van der Waals surface area contributed by atoms with Crippen LogP contribution >= 0.6 is 0 Å². The van der Waals surface area contributed by atoms with Gasteiger partial charge in [-0.15, -0.1) is 0 Å². The minimum atomic E-state index is -0.700. The number of amides is 1. The van der Waals surface area contributed by atoms with E-state index < -0.39 is 11.6 Å². The molecule has 4 nitrogen and oxygen atoms in total. The Morgan fingerprint density at radius 2 is 1.82 bits per heavy atom. The molecule has 1 amide bonds. The van der Waals surface area contributed by atoms with Gasteiger partial charge >= 0.3 is 0 Å². The largest absolute Gasteiger partial charge is 0.352 e. The number of benzene rings is 2. The van der Waals surface area contributed by atoms with E-state index in [1.807, 2.05) is 44.2 Å². The molecular formula is C22H21F2N3O. The average Bonchev–Trinajstić information content (AvgIpc) is 2.69. The average molecular weight is 381 g/mol. The highest BCUT2D eigenvalue weighted by Gasteiger charge is 2.20. The van der Waals surface area contributed by atoms with Crippen LogP contribution in [0, 0.1) is 11.6 Å². The second kappa shape index (κ2) is 8.61. The Morgan fingerprint density at radius 3 is 2.43 bits per heavy atom. The molecule has 0 aliphatic carbocycles. The van der Waals surface area contributed by atoms with E-state index >= 15 is 0 Å². The quantitative estimate of drug-likeness (QED) is 0.642. The Labute approximate surface area is 162 Å². The lowest BCUT2D eigenvalue weighted by Gasteiger charge is -2.26. The summed E-state index contributed by atoms with van der Waals surface area (Å²) < 4.78 is 26.8. The van der Waals surface area contributed by atoms with Crippen LogP contribution < -0.4 is 5.32 Å². The van der Waals surface area contributed by atoms with Gasteiger partial charge in [0.2, 0.25) is 0 Å². The predicted octanol–water partition coefficient (Wildman–Crippen LogP) is 5.15. The number of aromatic nitrogens is 1. The van der Waals surface area contributed by atoms with E-state index in [1.165, 1.54) is 18.3 Å². The molecular weight excluding hydrogens is 360 g/mol. The van der Waals surface area contributed by atoms with Gasteiger partial charge in [0.25, 0.3) is 5.91 Å². The Balaban J connectivity index is 1.74.